The fourth-order valence-corrected chi connectivity index (χ4v) is 6.37. The fourth-order valence-electron chi connectivity index (χ4n) is 4.26. The number of thiophene rings is 1. The van der Waals surface area contributed by atoms with Gasteiger partial charge in [-0.05, 0) is 62.4 Å². The van der Waals surface area contributed by atoms with E-state index in [2.05, 4.69) is 5.32 Å². The molecule has 2 aromatic carbocycles. The number of aromatic nitrogens is 2. The quantitative estimate of drug-likeness (QED) is 0.275. The van der Waals surface area contributed by atoms with Gasteiger partial charge in [-0.1, -0.05) is 42.1 Å². The molecule has 0 aliphatic heterocycles. The van der Waals surface area contributed by atoms with Gasteiger partial charge in [0.2, 0.25) is 5.91 Å². The van der Waals surface area contributed by atoms with Crippen molar-refractivity contribution in [1.29, 1.82) is 0 Å². The van der Waals surface area contributed by atoms with Gasteiger partial charge in [-0.25, -0.2) is 4.98 Å². The Balaban J connectivity index is 1.48. The van der Waals surface area contributed by atoms with E-state index in [-0.39, 0.29) is 17.2 Å². The van der Waals surface area contributed by atoms with Crippen LogP contribution in [0, 0.1) is 0 Å². The van der Waals surface area contributed by atoms with Crippen molar-refractivity contribution in [2.24, 2.45) is 0 Å². The van der Waals surface area contributed by atoms with Gasteiger partial charge in [-0.15, -0.1) is 11.3 Å². The summed E-state index contributed by atoms with van der Waals surface area (Å²) < 4.78 is 7.25. The van der Waals surface area contributed by atoms with Crippen molar-refractivity contribution in [2.45, 2.75) is 37.8 Å². The van der Waals surface area contributed by atoms with Crippen molar-refractivity contribution in [3.05, 3.63) is 75.4 Å². The van der Waals surface area contributed by atoms with Crippen molar-refractivity contribution in [3.8, 4) is 11.4 Å². The average Bonchev–Trinajstić information content (AvgIpc) is 3.23. The smallest absolute Gasteiger partial charge is 0.267 e. The third kappa shape index (κ3) is 4.48. The monoisotopic (exact) mass is 491 g/mol. The minimum absolute atomic E-state index is 0.0554. The second-order valence-corrected chi connectivity index (χ2v) is 10.1. The number of rotatable bonds is 7. The summed E-state index contributed by atoms with van der Waals surface area (Å²) in [5.74, 6) is 0.570. The molecule has 5 rings (SSSR count). The van der Waals surface area contributed by atoms with E-state index in [0.29, 0.717) is 23.2 Å². The van der Waals surface area contributed by atoms with E-state index in [4.69, 9.17) is 9.72 Å². The lowest BCUT2D eigenvalue weighted by molar-refractivity contribution is -0.113. The number of carbonyl (C=O) groups is 1. The minimum atomic E-state index is -0.184. The molecule has 6 nitrogen and oxygen atoms in total. The Morgan fingerprint density at radius 3 is 2.71 bits per heavy atom. The summed E-state index contributed by atoms with van der Waals surface area (Å²) in [6, 6.07) is 16.9. The molecule has 1 aliphatic rings. The predicted molar refractivity (Wildman–Crippen MR) is 139 cm³/mol. The molecule has 2 aromatic heterocycles. The zero-order chi connectivity index (χ0) is 23.5. The van der Waals surface area contributed by atoms with Crippen LogP contribution in [0.5, 0.6) is 5.75 Å². The summed E-state index contributed by atoms with van der Waals surface area (Å²) in [6.45, 7) is 2.42. The molecule has 34 heavy (non-hydrogen) atoms. The second kappa shape index (κ2) is 10.0. The lowest BCUT2D eigenvalue weighted by atomic mass is 9.97. The zero-order valence-corrected chi connectivity index (χ0v) is 20.5. The highest BCUT2D eigenvalue weighted by molar-refractivity contribution is 7.99. The minimum Gasteiger partial charge on any atom is -0.492 e. The van der Waals surface area contributed by atoms with E-state index in [1.54, 1.807) is 15.9 Å². The molecule has 0 fully saturated rings. The van der Waals surface area contributed by atoms with Gasteiger partial charge >= 0.3 is 0 Å². The molecule has 1 amide bonds. The van der Waals surface area contributed by atoms with Crippen LogP contribution in [-0.4, -0.2) is 27.8 Å². The van der Waals surface area contributed by atoms with Crippen LogP contribution in [-0.2, 0) is 17.6 Å². The van der Waals surface area contributed by atoms with E-state index in [1.165, 1.54) is 16.6 Å². The van der Waals surface area contributed by atoms with Crippen LogP contribution in [0.2, 0.25) is 0 Å². The highest BCUT2D eigenvalue weighted by Crippen LogP contribution is 2.35. The predicted octanol–water partition coefficient (Wildman–Crippen LogP) is 5.46. The van der Waals surface area contributed by atoms with Gasteiger partial charge in [0.1, 0.15) is 10.6 Å². The maximum Gasteiger partial charge on any atom is 0.267 e. The number of aryl methyl sites for hydroxylation is 2. The third-order valence-electron chi connectivity index (χ3n) is 5.77. The van der Waals surface area contributed by atoms with Crippen molar-refractivity contribution >= 4 is 44.9 Å². The van der Waals surface area contributed by atoms with Crippen molar-refractivity contribution < 1.29 is 9.53 Å². The molecule has 0 spiro atoms. The number of thioether (sulfide) groups is 1. The van der Waals surface area contributed by atoms with Gasteiger partial charge in [0.15, 0.2) is 5.16 Å². The first-order chi connectivity index (χ1) is 16.7. The second-order valence-electron chi connectivity index (χ2n) is 8.03. The van der Waals surface area contributed by atoms with Crippen molar-refractivity contribution in [1.82, 2.24) is 9.55 Å². The summed E-state index contributed by atoms with van der Waals surface area (Å²) in [7, 11) is 0. The average molecular weight is 492 g/mol. The van der Waals surface area contributed by atoms with Crippen LogP contribution in [0.3, 0.4) is 0 Å². The van der Waals surface area contributed by atoms with Crippen LogP contribution in [0.15, 0.2) is 64.5 Å². The zero-order valence-electron chi connectivity index (χ0n) is 18.9. The molecule has 0 atom stereocenters. The third-order valence-corrected chi connectivity index (χ3v) is 7.89. The number of nitrogens with one attached hydrogen (secondary N) is 1. The molecule has 0 saturated carbocycles. The van der Waals surface area contributed by atoms with Crippen LogP contribution >= 0.6 is 23.1 Å². The number of nitrogens with zero attached hydrogens (tertiary/aromatic N) is 2. The van der Waals surface area contributed by atoms with E-state index >= 15 is 0 Å². The molecular weight excluding hydrogens is 466 g/mol. The number of fused-ring (bicyclic) bond motifs is 3. The molecule has 1 N–H and O–H groups in total. The number of hydrogen-bond donors (Lipinski definition) is 1. The van der Waals surface area contributed by atoms with E-state index in [1.807, 2.05) is 61.5 Å². The Bertz CT molecular complexity index is 1400. The number of para-hydroxylation sites is 3. The lowest BCUT2D eigenvalue weighted by Gasteiger charge is -2.14. The highest BCUT2D eigenvalue weighted by atomic mass is 32.2. The molecule has 4 aromatic rings. The van der Waals surface area contributed by atoms with Crippen molar-refractivity contribution in [2.75, 3.05) is 17.7 Å². The van der Waals surface area contributed by atoms with Gasteiger partial charge in [0.25, 0.3) is 5.56 Å². The van der Waals surface area contributed by atoms with Crippen molar-refractivity contribution in [3.63, 3.8) is 0 Å². The maximum atomic E-state index is 13.7. The topological polar surface area (TPSA) is 73.2 Å². The number of ether oxygens (including phenoxy) is 1. The highest BCUT2D eigenvalue weighted by Gasteiger charge is 2.23. The summed E-state index contributed by atoms with van der Waals surface area (Å²) in [5, 5.41) is 4.18. The number of hydrogen-bond acceptors (Lipinski definition) is 6. The molecule has 0 unspecified atom stereocenters. The lowest BCUT2D eigenvalue weighted by Crippen LogP contribution is -2.23. The number of carbonyl (C=O) groups excluding carboxylic acids is 1. The molecular formula is C26H25N3O3S2. The van der Waals surface area contributed by atoms with E-state index < -0.39 is 0 Å². The molecule has 1 aliphatic carbocycles. The largest absolute Gasteiger partial charge is 0.492 e. The Morgan fingerprint density at radius 2 is 1.88 bits per heavy atom. The molecule has 2 heterocycles. The Labute approximate surface area is 206 Å². The number of amides is 1. The Kier molecular flexibility index (Phi) is 6.69. The van der Waals surface area contributed by atoms with Gasteiger partial charge in [0.05, 0.1) is 29.1 Å². The summed E-state index contributed by atoms with van der Waals surface area (Å²) >= 11 is 2.89. The number of benzene rings is 2. The first-order valence-corrected chi connectivity index (χ1v) is 13.2. The molecule has 0 saturated heterocycles. The maximum absolute atomic E-state index is 13.7. The SMILES string of the molecule is CCOc1ccccc1NC(=O)CSc1nc2sc3c(c2c(=O)n1-c1ccccc1)CCCC3. The molecule has 8 heteroatoms. The molecule has 0 bridgehead atoms. The van der Waals surface area contributed by atoms with E-state index in [9.17, 15) is 9.59 Å². The summed E-state index contributed by atoms with van der Waals surface area (Å²) in [4.78, 5) is 33.5. The van der Waals surface area contributed by atoms with E-state index in [0.717, 1.165) is 47.2 Å². The van der Waals surface area contributed by atoms with Crippen LogP contribution < -0.4 is 15.6 Å². The van der Waals surface area contributed by atoms with Gasteiger partial charge in [0, 0.05) is 4.88 Å². The molecule has 0 radical (unpaired) electrons. The normalized spacial score (nSPS) is 13.0. The van der Waals surface area contributed by atoms with Gasteiger partial charge in [-0.3, -0.25) is 14.2 Å². The van der Waals surface area contributed by atoms with Crippen LogP contribution in [0.25, 0.3) is 15.9 Å². The first-order valence-electron chi connectivity index (χ1n) is 11.4. The molecule has 174 valence electrons. The summed E-state index contributed by atoms with van der Waals surface area (Å²) in [6.07, 6.45) is 4.18. The number of anilines is 1. The first kappa shape index (κ1) is 22.7. The fraction of sp³-hybridized carbons (Fsp3) is 0.269. The van der Waals surface area contributed by atoms with Crippen LogP contribution in [0.4, 0.5) is 5.69 Å². The Morgan fingerprint density at radius 1 is 1.12 bits per heavy atom. The van der Waals surface area contributed by atoms with Gasteiger partial charge in [-0.2, -0.15) is 0 Å². The van der Waals surface area contributed by atoms with Crippen LogP contribution in [0.1, 0.15) is 30.2 Å². The standard InChI is InChI=1S/C26H25N3O3S2/c1-2-32-20-14-8-7-13-19(20)27-22(30)16-33-26-28-24-23(18-12-6-9-15-21(18)34-24)25(31)29(26)17-10-4-3-5-11-17/h3-5,7-8,10-11,13-14H,2,6,9,12,15-16H2,1H3,(H,27,30). The van der Waals surface area contributed by atoms with Gasteiger partial charge < -0.3 is 10.1 Å². The summed E-state index contributed by atoms with van der Waals surface area (Å²) in [5.41, 5.74) is 2.49. The Hall–Kier alpha value is -3.10.